The number of halogens is 3. The predicted octanol–water partition coefficient (Wildman–Crippen LogP) is 3.30. The van der Waals surface area contributed by atoms with Crippen molar-refractivity contribution in [2.45, 2.75) is 26.4 Å². The van der Waals surface area contributed by atoms with Crippen LogP contribution in [0, 0.1) is 17.5 Å². The molecule has 0 unspecified atom stereocenters. The second kappa shape index (κ2) is 8.81. The normalized spacial score (nSPS) is 11.1. The van der Waals surface area contributed by atoms with E-state index in [0.717, 1.165) is 12.1 Å². The molecule has 1 aromatic carbocycles. The van der Waals surface area contributed by atoms with Gasteiger partial charge in [0.05, 0.1) is 11.4 Å². The molecule has 0 radical (unpaired) electrons. The van der Waals surface area contributed by atoms with Crippen LogP contribution in [0.5, 0.6) is 0 Å². The summed E-state index contributed by atoms with van der Waals surface area (Å²) in [4.78, 5) is 23.0. The number of ether oxygens (including phenoxy) is 1. The molecular formula is C15H19F3N2O3S. The van der Waals surface area contributed by atoms with E-state index in [1.54, 1.807) is 20.8 Å². The molecule has 1 rings (SSSR count). The van der Waals surface area contributed by atoms with Crippen LogP contribution in [0.2, 0.25) is 0 Å². The van der Waals surface area contributed by atoms with Crippen molar-refractivity contribution in [2.75, 3.05) is 23.4 Å². The summed E-state index contributed by atoms with van der Waals surface area (Å²) in [6.45, 7) is 5.50. The number of benzene rings is 1. The van der Waals surface area contributed by atoms with E-state index in [1.807, 2.05) is 0 Å². The van der Waals surface area contributed by atoms with E-state index >= 15 is 0 Å². The molecule has 5 nitrogen and oxygen atoms in total. The Morgan fingerprint density at radius 3 is 2.46 bits per heavy atom. The van der Waals surface area contributed by atoms with Gasteiger partial charge < -0.3 is 15.4 Å². The van der Waals surface area contributed by atoms with E-state index in [0.29, 0.717) is 5.75 Å². The Balaban J connectivity index is 2.28. The zero-order valence-electron chi connectivity index (χ0n) is 13.5. The maximum atomic E-state index is 13.4. The van der Waals surface area contributed by atoms with Gasteiger partial charge in [0.25, 0.3) is 0 Å². The van der Waals surface area contributed by atoms with Gasteiger partial charge in [0.1, 0.15) is 5.60 Å². The molecule has 0 bridgehead atoms. The molecule has 9 heteroatoms. The fourth-order valence-corrected chi connectivity index (χ4v) is 2.16. The first-order valence-electron chi connectivity index (χ1n) is 7.08. The Morgan fingerprint density at radius 1 is 1.17 bits per heavy atom. The number of alkyl carbamates (subject to hydrolysis) is 1. The molecule has 0 saturated heterocycles. The van der Waals surface area contributed by atoms with Crippen molar-refractivity contribution >= 4 is 29.4 Å². The maximum Gasteiger partial charge on any atom is 0.407 e. The fraction of sp³-hybridized carbons (Fsp3) is 0.467. The summed E-state index contributed by atoms with van der Waals surface area (Å²) < 4.78 is 44.2. The number of amides is 2. The van der Waals surface area contributed by atoms with Crippen molar-refractivity contribution in [3.63, 3.8) is 0 Å². The fourth-order valence-electron chi connectivity index (χ4n) is 1.51. The highest BCUT2D eigenvalue weighted by Gasteiger charge is 2.16. The van der Waals surface area contributed by atoms with Gasteiger partial charge in [-0.1, -0.05) is 0 Å². The summed E-state index contributed by atoms with van der Waals surface area (Å²) in [6, 6.07) is 1.67. The van der Waals surface area contributed by atoms with Gasteiger partial charge in [0.2, 0.25) is 5.91 Å². The highest BCUT2D eigenvalue weighted by molar-refractivity contribution is 7.99. The minimum absolute atomic E-state index is 0.0333. The van der Waals surface area contributed by atoms with Gasteiger partial charge in [-0.05, 0) is 32.9 Å². The Kier molecular flexibility index (Phi) is 7.40. The topological polar surface area (TPSA) is 67.4 Å². The molecule has 24 heavy (non-hydrogen) atoms. The van der Waals surface area contributed by atoms with E-state index in [4.69, 9.17) is 4.74 Å². The highest BCUT2D eigenvalue weighted by Crippen LogP contribution is 2.19. The molecule has 0 saturated carbocycles. The van der Waals surface area contributed by atoms with Crippen LogP contribution in [-0.4, -0.2) is 35.7 Å². The van der Waals surface area contributed by atoms with Gasteiger partial charge in [-0.2, -0.15) is 11.8 Å². The van der Waals surface area contributed by atoms with Crippen LogP contribution in [0.1, 0.15) is 20.8 Å². The average molecular weight is 364 g/mol. The Labute approximate surface area is 142 Å². The lowest BCUT2D eigenvalue weighted by atomic mass is 10.2. The van der Waals surface area contributed by atoms with Gasteiger partial charge in [-0.15, -0.1) is 0 Å². The van der Waals surface area contributed by atoms with Gasteiger partial charge >= 0.3 is 6.09 Å². The van der Waals surface area contributed by atoms with Crippen LogP contribution >= 0.6 is 11.8 Å². The molecule has 2 N–H and O–H groups in total. The number of carbonyl (C=O) groups is 2. The van der Waals surface area contributed by atoms with E-state index in [1.165, 1.54) is 11.8 Å². The molecule has 0 spiro atoms. The van der Waals surface area contributed by atoms with E-state index < -0.39 is 40.7 Å². The molecule has 0 aliphatic rings. The average Bonchev–Trinajstić information content (AvgIpc) is 2.46. The highest BCUT2D eigenvalue weighted by atomic mass is 32.2. The first kappa shape index (κ1) is 20.1. The van der Waals surface area contributed by atoms with E-state index in [9.17, 15) is 22.8 Å². The van der Waals surface area contributed by atoms with E-state index in [-0.39, 0.29) is 12.3 Å². The Morgan fingerprint density at radius 2 is 1.83 bits per heavy atom. The maximum absolute atomic E-state index is 13.4. The molecule has 0 aromatic heterocycles. The lowest BCUT2D eigenvalue weighted by Gasteiger charge is -2.19. The Hall–Kier alpha value is -1.90. The molecule has 0 aliphatic heterocycles. The molecule has 0 heterocycles. The van der Waals surface area contributed by atoms with Crippen molar-refractivity contribution in [1.82, 2.24) is 5.32 Å². The number of rotatable bonds is 6. The number of nitrogens with one attached hydrogen (secondary N) is 2. The first-order valence-corrected chi connectivity index (χ1v) is 8.23. The molecule has 134 valence electrons. The number of hydrogen-bond acceptors (Lipinski definition) is 4. The van der Waals surface area contributed by atoms with Crippen LogP contribution < -0.4 is 10.6 Å². The molecule has 2 amide bonds. The second-order valence-electron chi connectivity index (χ2n) is 5.75. The summed E-state index contributed by atoms with van der Waals surface area (Å²) >= 11 is 1.18. The lowest BCUT2D eigenvalue weighted by molar-refractivity contribution is -0.113. The molecular weight excluding hydrogens is 345 g/mol. The van der Waals surface area contributed by atoms with Gasteiger partial charge in [0, 0.05) is 12.3 Å². The third-order valence-corrected chi connectivity index (χ3v) is 3.42. The quantitative estimate of drug-likeness (QED) is 0.600. The van der Waals surface area contributed by atoms with Gasteiger partial charge in [-0.3, -0.25) is 4.79 Å². The van der Waals surface area contributed by atoms with Crippen molar-refractivity contribution in [3.05, 3.63) is 29.6 Å². The first-order chi connectivity index (χ1) is 11.1. The number of carbonyl (C=O) groups excluding carboxylic acids is 2. The smallest absolute Gasteiger partial charge is 0.407 e. The summed E-state index contributed by atoms with van der Waals surface area (Å²) in [5.74, 6) is -4.58. The predicted molar refractivity (Wildman–Crippen MR) is 86.5 cm³/mol. The van der Waals surface area contributed by atoms with Gasteiger partial charge in [-0.25, -0.2) is 18.0 Å². The van der Waals surface area contributed by atoms with Gasteiger partial charge in [0.15, 0.2) is 17.5 Å². The van der Waals surface area contributed by atoms with Crippen LogP contribution in [0.15, 0.2) is 12.1 Å². The van der Waals surface area contributed by atoms with Crippen molar-refractivity contribution in [2.24, 2.45) is 0 Å². The van der Waals surface area contributed by atoms with Crippen molar-refractivity contribution < 1.29 is 27.5 Å². The van der Waals surface area contributed by atoms with Crippen molar-refractivity contribution in [3.8, 4) is 0 Å². The zero-order chi connectivity index (χ0) is 18.3. The van der Waals surface area contributed by atoms with Crippen LogP contribution in [0.4, 0.5) is 23.7 Å². The standard InChI is InChI=1S/C15H19F3N2O3S/c1-15(2,3)23-14(22)19-6-7-24-8-11(21)20-10-5-4-9(16)12(17)13(10)18/h4-5H,6-8H2,1-3H3,(H,19,22)(H,20,21). The minimum atomic E-state index is -1.64. The van der Waals surface area contributed by atoms with Crippen LogP contribution in [-0.2, 0) is 9.53 Å². The third-order valence-electron chi connectivity index (χ3n) is 2.46. The third kappa shape index (κ3) is 7.12. The number of anilines is 1. The van der Waals surface area contributed by atoms with Crippen LogP contribution in [0.3, 0.4) is 0 Å². The minimum Gasteiger partial charge on any atom is -0.444 e. The number of hydrogen-bond donors (Lipinski definition) is 2. The zero-order valence-corrected chi connectivity index (χ0v) is 14.4. The summed E-state index contributed by atoms with van der Waals surface area (Å²) in [6.07, 6.45) is -0.559. The molecule has 0 atom stereocenters. The Bertz CT molecular complexity index is 606. The second-order valence-corrected chi connectivity index (χ2v) is 6.86. The largest absolute Gasteiger partial charge is 0.444 e. The molecule has 0 aliphatic carbocycles. The lowest BCUT2D eigenvalue weighted by Crippen LogP contribution is -2.33. The summed E-state index contributed by atoms with van der Waals surface area (Å²) in [5, 5.41) is 4.68. The summed E-state index contributed by atoms with van der Waals surface area (Å²) in [7, 11) is 0. The summed E-state index contributed by atoms with van der Waals surface area (Å²) in [5.41, 5.74) is -1.02. The number of thioether (sulfide) groups is 1. The van der Waals surface area contributed by atoms with E-state index in [2.05, 4.69) is 10.6 Å². The molecule has 1 aromatic rings. The molecule has 0 fully saturated rings. The van der Waals surface area contributed by atoms with Crippen LogP contribution in [0.25, 0.3) is 0 Å². The van der Waals surface area contributed by atoms with Crippen molar-refractivity contribution in [1.29, 1.82) is 0 Å². The monoisotopic (exact) mass is 364 g/mol. The SMILES string of the molecule is CC(C)(C)OC(=O)NCCSCC(=O)Nc1ccc(F)c(F)c1F.